The Kier molecular flexibility index (Phi) is 6.49. The molecule has 0 aromatic heterocycles. The lowest BCUT2D eigenvalue weighted by Crippen LogP contribution is -2.43. The van der Waals surface area contributed by atoms with Gasteiger partial charge < -0.3 is 14.2 Å². The lowest BCUT2D eigenvalue weighted by molar-refractivity contribution is -0.205. The van der Waals surface area contributed by atoms with Gasteiger partial charge in [-0.05, 0) is 20.3 Å². The molecule has 2 fully saturated rings. The van der Waals surface area contributed by atoms with Crippen LogP contribution in [-0.4, -0.2) is 48.8 Å². The van der Waals surface area contributed by atoms with Crippen molar-refractivity contribution in [3.8, 4) is 0 Å². The van der Waals surface area contributed by atoms with Gasteiger partial charge in [-0.2, -0.15) is 13.2 Å². The van der Waals surface area contributed by atoms with E-state index in [9.17, 15) is 36.3 Å². The van der Waals surface area contributed by atoms with E-state index in [-0.39, 0.29) is 12.8 Å². The lowest BCUT2D eigenvalue weighted by atomic mass is 9.78. The van der Waals surface area contributed by atoms with Gasteiger partial charge in [-0.3, -0.25) is 14.4 Å². The maximum absolute atomic E-state index is 13.4. The number of halogens is 5. The maximum Gasteiger partial charge on any atom is 0.394 e. The number of alkyl halides is 5. The van der Waals surface area contributed by atoms with Crippen molar-refractivity contribution < 1.29 is 50.5 Å². The Labute approximate surface area is 164 Å². The van der Waals surface area contributed by atoms with Crippen LogP contribution in [0.25, 0.3) is 0 Å². The lowest BCUT2D eigenvalue weighted by Gasteiger charge is -2.32. The summed E-state index contributed by atoms with van der Waals surface area (Å²) < 4.78 is 78.2. The van der Waals surface area contributed by atoms with Gasteiger partial charge in [0, 0.05) is 12.8 Å². The highest BCUT2D eigenvalue weighted by Gasteiger charge is 2.54. The zero-order valence-corrected chi connectivity index (χ0v) is 16.2. The minimum atomic E-state index is -5.13. The molecule has 1 saturated carbocycles. The fourth-order valence-corrected chi connectivity index (χ4v) is 3.21. The first kappa shape index (κ1) is 23.3. The van der Waals surface area contributed by atoms with E-state index < -0.39 is 72.5 Å². The number of ether oxygens (including phenoxy) is 3. The molecule has 6 nitrogen and oxygen atoms in total. The smallest absolute Gasteiger partial charge is 0.394 e. The first-order valence-corrected chi connectivity index (χ1v) is 9.18. The van der Waals surface area contributed by atoms with Gasteiger partial charge in [0.2, 0.25) is 0 Å². The number of esters is 3. The summed E-state index contributed by atoms with van der Waals surface area (Å²) in [4.78, 5) is 36.5. The van der Waals surface area contributed by atoms with Gasteiger partial charge in [-0.25, -0.2) is 8.78 Å². The minimum absolute atomic E-state index is 0.0298. The Bertz CT molecular complexity index is 660. The van der Waals surface area contributed by atoms with Crippen molar-refractivity contribution in [1.29, 1.82) is 0 Å². The summed E-state index contributed by atoms with van der Waals surface area (Å²) in [6, 6.07) is 0. The monoisotopic (exact) mass is 430 g/mol. The molecule has 1 heterocycles. The highest BCUT2D eigenvalue weighted by atomic mass is 19.4. The predicted octanol–water partition coefficient (Wildman–Crippen LogP) is 3.42. The number of carbonyl (C=O) groups excluding carboxylic acids is 3. The molecule has 2 rings (SSSR count). The molecule has 0 aromatic carbocycles. The van der Waals surface area contributed by atoms with Crippen molar-refractivity contribution in [2.45, 2.75) is 70.8 Å². The van der Waals surface area contributed by atoms with Crippen LogP contribution in [0, 0.1) is 17.3 Å². The van der Waals surface area contributed by atoms with Crippen LogP contribution in [0.3, 0.4) is 0 Å². The van der Waals surface area contributed by atoms with Gasteiger partial charge in [0.15, 0.2) is 6.61 Å². The highest BCUT2D eigenvalue weighted by molar-refractivity contribution is 5.84. The normalized spacial score (nSPS) is 27.4. The van der Waals surface area contributed by atoms with Crippen molar-refractivity contribution in [3.63, 3.8) is 0 Å². The van der Waals surface area contributed by atoms with Crippen LogP contribution in [0.5, 0.6) is 0 Å². The number of carbonyl (C=O) groups is 3. The van der Waals surface area contributed by atoms with Gasteiger partial charge >= 0.3 is 24.1 Å². The van der Waals surface area contributed by atoms with E-state index >= 15 is 0 Å². The maximum atomic E-state index is 13.4. The molecule has 4 unspecified atom stereocenters. The number of hydrogen-bond donors (Lipinski definition) is 0. The molecular formula is C18H23F5O6. The molecule has 1 aliphatic heterocycles. The Hall–Kier alpha value is -1.94. The molecule has 2 aliphatic rings. The number of hydrogen-bond acceptors (Lipinski definition) is 6. The van der Waals surface area contributed by atoms with Crippen LogP contribution in [-0.2, 0) is 28.6 Å². The van der Waals surface area contributed by atoms with Gasteiger partial charge in [-0.1, -0.05) is 6.92 Å². The summed E-state index contributed by atoms with van der Waals surface area (Å²) in [7, 11) is 0. The number of fused-ring (bicyclic) bond motifs is 2. The Balaban J connectivity index is 2.05. The van der Waals surface area contributed by atoms with Crippen LogP contribution in [0.15, 0.2) is 0 Å². The van der Waals surface area contributed by atoms with Crippen molar-refractivity contribution in [1.82, 2.24) is 0 Å². The second kappa shape index (κ2) is 8.06. The highest BCUT2D eigenvalue weighted by Crippen LogP contribution is 2.42. The predicted molar refractivity (Wildman–Crippen MR) is 86.6 cm³/mol. The summed E-state index contributed by atoms with van der Waals surface area (Å²) >= 11 is 0. The quantitative estimate of drug-likeness (QED) is 0.350. The summed E-state index contributed by atoms with van der Waals surface area (Å²) in [5, 5.41) is 0. The largest absolute Gasteiger partial charge is 0.459 e. The Morgan fingerprint density at radius 1 is 1.14 bits per heavy atom. The van der Waals surface area contributed by atoms with Crippen molar-refractivity contribution >= 4 is 17.9 Å². The van der Waals surface area contributed by atoms with E-state index in [0.29, 0.717) is 6.42 Å². The summed E-state index contributed by atoms with van der Waals surface area (Å²) in [6.45, 7) is 3.31. The zero-order chi connectivity index (χ0) is 22.2. The van der Waals surface area contributed by atoms with Crippen LogP contribution in [0.4, 0.5) is 22.0 Å². The minimum Gasteiger partial charge on any atom is -0.459 e. The molecule has 166 valence electrons. The second-order valence-electron chi connectivity index (χ2n) is 8.10. The first-order valence-electron chi connectivity index (χ1n) is 9.18. The standard InChI is InChI=1S/C18H23F5O6/c1-4-16(2,3)15(26)29-12-5-9(10-6-11(12)28-14(10)25)13(24)27-8-17(19,20)7-18(21,22)23/h9-12H,4-8H2,1-3H3. The second-order valence-corrected chi connectivity index (χ2v) is 8.10. The molecule has 2 bridgehead atoms. The molecule has 4 atom stereocenters. The third-order valence-electron chi connectivity index (χ3n) is 5.33. The van der Waals surface area contributed by atoms with E-state index in [1.54, 1.807) is 20.8 Å². The molecule has 11 heteroatoms. The molecule has 0 spiro atoms. The summed E-state index contributed by atoms with van der Waals surface area (Å²) in [6.07, 6.45) is -9.00. The van der Waals surface area contributed by atoms with E-state index in [1.807, 2.05) is 0 Å². The van der Waals surface area contributed by atoms with Gasteiger partial charge in [0.25, 0.3) is 5.92 Å². The van der Waals surface area contributed by atoms with Crippen LogP contribution in [0.2, 0.25) is 0 Å². The molecular weight excluding hydrogens is 407 g/mol. The van der Waals surface area contributed by atoms with E-state index in [1.165, 1.54) is 0 Å². The van der Waals surface area contributed by atoms with Crippen LogP contribution >= 0.6 is 0 Å². The molecule has 0 aromatic rings. The topological polar surface area (TPSA) is 78.9 Å². The van der Waals surface area contributed by atoms with Crippen molar-refractivity contribution in [2.24, 2.45) is 17.3 Å². The van der Waals surface area contributed by atoms with Gasteiger partial charge in [0.05, 0.1) is 17.3 Å². The van der Waals surface area contributed by atoms with Crippen LogP contribution < -0.4 is 0 Å². The molecule has 1 saturated heterocycles. The van der Waals surface area contributed by atoms with E-state index in [0.717, 1.165) is 0 Å². The van der Waals surface area contributed by atoms with Gasteiger partial charge in [-0.15, -0.1) is 0 Å². The van der Waals surface area contributed by atoms with E-state index in [4.69, 9.17) is 9.47 Å². The zero-order valence-electron chi connectivity index (χ0n) is 16.2. The number of rotatable bonds is 7. The molecule has 29 heavy (non-hydrogen) atoms. The van der Waals surface area contributed by atoms with E-state index in [2.05, 4.69) is 4.74 Å². The molecule has 0 N–H and O–H groups in total. The molecule has 0 amide bonds. The SMILES string of the molecule is CCC(C)(C)C(=O)OC1CC(C(=O)OCC(F)(F)CC(F)(F)F)C2CC1OC2=O. The Morgan fingerprint density at radius 3 is 2.31 bits per heavy atom. The average molecular weight is 430 g/mol. The molecule has 1 aliphatic carbocycles. The Morgan fingerprint density at radius 2 is 1.76 bits per heavy atom. The van der Waals surface area contributed by atoms with Crippen molar-refractivity contribution in [3.05, 3.63) is 0 Å². The average Bonchev–Trinajstić information content (AvgIpc) is 2.90. The van der Waals surface area contributed by atoms with Crippen LogP contribution in [0.1, 0.15) is 46.5 Å². The fourth-order valence-electron chi connectivity index (χ4n) is 3.21. The third kappa shape index (κ3) is 5.79. The molecule has 0 radical (unpaired) electrons. The van der Waals surface area contributed by atoms with Crippen molar-refractivity contribution in [2.75, 3.05) is 6.61 Å². The van der Waals surface area contributed by atoms with Gasteiger partial charge in [0.1, 0.15) is 18.6 Å². The fraction of sp³-hybridized carbons (Fsp3) is 0.833. The first-order chi connectivity index (χ1) is 13.1. The summed E-state index contributed by atoms with van der Waals surface area (Å²) in [5.41, 5.74) is -0.824. The third-order valence-corrected chi connectivity index (χ3v) is 5.33. The summed E-state index contributed by atoms with van der Waals surface area (Å²) in [5.74, 6) is -9.09.